The molecule has 30 heavy (non-hydrogen) atoms. The van der Waals surface area contributed by atoms with Gasteiger partial charge in [-0.05, 0) is 35.4 Å². The molecule has 0 aliphatic heterocycles. The first-order valence-electron chi connectivity index (χ1n) is 9.05. The van der Waals surface area contributed by atoms with Gasteiger partial charge in [-0.15, -0.1) is 0 Å². The van der Waals surface area contributed by atoms with Gasteiger partial charge in [0.05, 0.1) is 5.02 Å². The van der Waals surface area contributed by atoms with E-state index in [1.807, 2.05) is 12.1 Å². The fourth-order valence-electron chi connectivity index (χ4n) is 2.99. The van der Waals surface area contributed by atoms with E-state index < -0.39 is 11.7 Å². The normalized spacial score (nSPS) is 10.9. The number of hydrogen-bond acceptors (Lipinski definition) is 6. The van der Waals surface area contributed by atoms with Crippen LogP contribution in [-0.2, 0) is 20.1 Å². The third kappa shape index (κ3) is 4.06. The van der Waals surface area contributed by atoms with E-state index in [0.717, 1.165) is 5.56 Å². The zero-order chi connectivity index (χ0) is 21.1. The second-order valence-electron chi connectivity index (χ2n) is 6.53. The number of aromatic nitrogens is 5. The Morgan fingerprint density at radius 2 is 1.93 bits per heavy atom. The van der Waals surface area contributed by atoms with Crippen molar-refractivity contribution in [1.82, 2.24) is 30.0 Å². The van der Waals surface area contributed by atoms with Crippen LogP contribution >= 0.6 is 11.6 Å². The van der Waals surface area contributed by atoms with Crippen LogP contribution < -0.4 is 10.6 Å². The van der Waals surface area contributed by atoms with Crippen LogP contribution in [0.25, 0.3) is 11.0 Å². The number of fused-ring (bicyclic) bond motifs is 1. The van der Waals surface area contributed by atoms with E-state index in [9.17, 15) is 9.18 Å². The average Bonchev–Trinajstić information content (AvgIpc) is 3.09. The summed E-state index contributed by atoms with van der Waals surface area (Å²) in [5, 5.41) is 10.4. The fourth-order valence-corrected chi connectivity index (χ4v) is 3.20. The van der Waals surface area contributed by atoms with Crippen molar-refractivity contribution in [2.24, 2.45) is 7.05 Å². The number of anilines is 1. The number of amides is 1. The summed E-state index contributed by atoms with van der Waals surface area (Å²) in [6.07, 6.45) is 4.75. The predicted molar refractivity (Wildman–Crippen MR) is 110 cm³/mol. The maximum absolute atomic E-state index is 13.3. The number of halogens is 2. The van der Waals surface area contributed by atoms with Gasteiger partial charge in [0, 0.05) is 32.5 Å². The molecule has 0 unspecified atom stereocenters. The molecule has 4 aromatic rings. The van der Waals surface area contributed by atoms with Crippen LogP contribution in [0.4, 0.5) is 10.2 Å². The third-order valence-corrected chi connectivity index (χ3v) is 4.77. The van der Waals surface area contributed by atoms with E-state index in [1.165, 1.54) is 18.5 Å². The van der Waals surface area contributed by atoms with Crippen molar-refractivity contribution in [2.75, 3.05) is 5.32 Å². The predicted octanol–water partition coefficient (Wildman–Crippen LogP) is 3.09. The van der Waals surface area contributed by atoms with Crippen LogP contribution in [0.2, 0.25) is 5.02 Å². The van der Waals surface area contributed by atoms with E-state index in [1.54, 1.807) is 30.2 Å². The van der Waals surface area contributed by atoms with Crippen LogP contribution in [0.3, 0.4) is 0 Å². The molecule has 3 aromatic heterocycles. The summed E-state index contributed by atoms with van der Waals surface area (Å²) in [5.74, 6) is -0.358. The Kier molecular flexibility index (Phi) is 5.53. The highest BCUT2D eigenvalue weighted by Gasteiger charge is 2.19. The highest BCUT2D eigenvalue weighted by atomic mass is 35.5. The summed E-state index contributed by atoms with van der Waals surface area (Å²) in [5.41, 5.74) is 2.94. The first-order valence-corrected chi connectivity index (χ1v) is 9.43. The SMILES string of the molecule is Cn1nc(NCc2ccncc2)c2ncnc(C(=O)NCc3ccc(F)c(Cl)c3)c21. The molecule has 0 fully saturated rings. The molecule has 0 bridgehead atoms. The minimum atomic E-state index is -0.508. The molecular formula is C20H17ClFN7O. The minimum absolute atomic E-state index is 0.00252. The molecule has 0 saturated heterocycles. The van der Waals surface area contributed by atoms with Crippen LogP contribution in [0.15, 0.2) is 49.1 Å². The molecular weight excluding hydrogens is 409 g/mol. The molecule has 0 spiro atoms. The summed E-state index contributed by atoms with van der Waals surface area (Å²) in [7, 11) is 1.72. The zero-order valence-corrected chi connectivity index (χ0v) is 16.7. The molecule has 2 N–H and O–H groups in total. The van der Waals surface area contributed by atoms with Crippen molar-refractivity contribution in [3.05, 3.63) is 76.7 Å². The summed E-state index contributed by atoms with van der Waals surface area (Å²) in [6.45, 7) is 0.709. The van der Waals surface area contributed by atoms with E-state index >= 15 is 0 Å². The van der Waals surface area contributed by atoms with Gasteiger partial charge in [-0.3, -0.25) is 14.5 Å². The van der Waals surface area contributed by atoms with Gasteiger partial charge in [-0.2, -0.15) is 5.10 Å². The molecule has 0 aliphatic rings. The lowest BCUT2D eigenvalue weighted by molar-refractivity contribution is 0.0947. The van der Waals surface area contributed by atoms with Crippen LogP contribution in [0.1, 0.15) is 21.6 Å². The Hall–Kier alpha value is -3.59. The number of carbonyl (C=O) groups excluding carboxylic acids is 1. The molecule has 3 heterocycles. The minimum Gasteiger partial charge on any atom is -0.363 e. The Morgan fingerprint density at radius 1 is 1.13 bits per heavy atom. The number of rotatable bonds is 6. The quantitative estimate of drug-likeness (QED) is 0.492. The lowest BCUT2D eigenvalue weighted by Crippen LogP contribution is -2.24. The number of nitrogens with one attached hydrogen (secondary N) is 2. The Balaban J connectivity index is 1.54. The summed E-state index contributed by atoms with van der Waals surface area (Å²) >= 11 is 5.79. The molecule has 4 rings (SSSR count). The Labute approximate surface area is 176 Å². The standard InChI is InChI=1S/C20H17ClFN7O/c1-29-18-16(19(28-29)24-9-12-4-6-23-7-5-12)26-11-27-17(18)20(30)25-10-13-2-3-15(22)14(21)8-13/h2-8,11H,9-10H2,1H3,(H,24,28)(H,25,30). The lowest BCUT2D eigenvalue weighted by atomic mass is 10.2. The molecule has 0 atom stereocenters. The molecule has 152 valence electrons. The number of aryl methyl sites for hydroxylation is 1. The van der Waals surface area contributed by atoms with E-state index in [2.05, 4.69) is 30.7 Å². The number of carbonyl (C=O) groups is 1. The van der Waals surface area contributed by atoms with Crippen molar-refractivity contribution >= 4 is 34.4 Å². The zero-order valence-electron chi connectivity index (χ0n) is 15.9. The van der Waals surface area contributed by atoms with Gasteiger partial charge in [-0.1, -0.05) is 17.7 Å². The molecule has 8 nitrogen and oxygen atoms in total. The maximum Gasteiger partial charge on any atom is 0.272 e. The van der Waals surface area contributed by atoms with E-state index in [0.29, 0.717) is 29.0 Å². The smallest absolute Gasteiger partial charge is 0.272 e. The molecule has 0 radical (unpaired) electrons. The summed E-state index contributed by atoms with van der Waals surface area (Å²) < 4.78 is 14.9. The highest BCUT2D eigenvalue weighted by Crippen LogP contribution is 2.22. The van der Waals surface area contributed by atoms with Crippen LogP contribution in [0.5, 0.6) is 0 Å². The number of pyridine rings is 1. The van der Waals surface area contributed by atoms with Gasteiger partial charge in [0.2, 0.25) is 0 Å². The maximum atomic E-state index is 13.3. The number of benzene rings is 1. The van der Waals surface area contributed by atoms with Crippen molar-refractivity contribution in [2.45, 2.75) is 13.1 Å². The topological polar surface area (TPSA) is 97.6 Å². The summed E-state index contributed by atoms with van der Waals surface area (Å²) in [4.78, 5) is 25.2. The van der Waals surface area contributed by atoms with Gasteiger partial charge in [0.1, 0.15) is 23.2 Å². The van der Waals surface area contributed by atoms with Crippen LogP contribution in [0, 0.1) is 5.82 Å². The Morgan fingerprint density at radius 3 is 2.70 bits per heavy atom. The van der Waals surface area contributed by atoms with Gasteiger partial charge < -0.3 is 10.6 Å². The number of hydrogen-bond donors (Lipinski definition) is 2. The second kappa shape index (κ2) is 8.42. The van der Waals surface area contributed by atoms with Crippen molar-refractivity contribution in [1.29, 1.82) is 0 Å². The molecule has 0 saturated carbocycles. The van der Waals surface area contributed by atoms with Gasteiger partial charge in [0.25, 0.3) is 5.91 Å². The molecule has 10 heteroatoms. The molecule has 1 aromatic carbocycles. The fraction of sp³-hybridized carbons (Fsp3) is 0.150. The highest BCUT2D eigenvalue weighted by molar-refractivity contribution is 6.30. The van der Waals surface area contributed by atoms with Gasteiger partial charge >= 0.3 is 0 Å². The van der Waals surface area contributed by atoms with Crippen molar-refractivity contribution in [3.8, 4) is 0 Å². The molecule has 0 aliphatic carbocycles. The van der Waals surface area contributed by atoms with Crippen LogP contribution in [-0.4, -0.2) is 30.6 Å². The first kappa shape index (κ1) is 19.7. The summed E-state index contributed by atoms with van der Waals surface area (Å²) in [6, 6.07) is 8.08. The Bertz CT molecular complexity index is 1210. The second-order valence-corrected chi connectivity index (χ2v) is 6.94. The lowest BCUT2D eigenvalue weighted by Gasteiger charge is -2.07. The largest absolute Gasteiger partial charge is 0.363 e. The van der Waals surface area contributed by atoms with Crippen molar-refractivity contribution in [3.63, 3.8) is 0 Å². The monoisotopic (exact) mass is 425 g/mol. The van der Waals surface area contributed by atoms with E-state index in [-0.39, 0.29) is 17.3 Å². The van der Waals surface area contributed by atoms with Crippen molar-refractivity contribution < 1.29 is 9.18 Å². The first-order chi connectivity index (χ1) is 14.5. The average molecular weight is 426 g/mol. The number of nitrogens with zero attached hydrogens (tertiary/aromatic N) is 5. The third-order valence-electron chi connectivity index (χ3n) is 4.48. The van der Waals surface area contributed by atoms with Gasteiger partial charge in [-0.25, -0.2) is 14.4 Å². The molecule has 1 amide bonds. The van der Waals surface area contributed by atoms with Gasteiger partial charge in [0.15, 0.2) is 11.5 Å². The van der Waals surface area contributed by atoms with E-state index in [4.69, 9.17) is 11.6 Å².